The van der Waals surface area contributed by atoms with Crippen molar-refractivity contribution in [1.82, 2.24) is 5.32 Å². The van der Waals surface area contributed by atoms with Crippen molar-refractivity contribution in [1.29, 1.82) is 0 Å². The number of hydrogen-bond donors (Lipinski definition) is 1. The average molecular weight is 389 g/mol. The van der Waals surface area contributed by atoms with Gasteiger partial charge in [-0.15, -0.1) is 11.3 Å². The van der Waals surface area contributed by atoms with E-state index >= 15 is 0 Å². The highest BCUT2D eigenvalue weighted by molar-refractivity contribution is 9.11. The van der Waals surface area contributed by atoms with Crippen LogP contribution in [0.4, 0.5) is 0 Å². The van der Waals surface area contributed by atoms with Crippen molar-refractivity contribution in [2.24, 2.45) is 0 Å². The van der Waals surface area contributed by atoms with Gasteiger partial charge in [0, 0.05) is 11.1 Å². The second kappa shape index (κ2) is 8.18. The van der Waals surface area contributed by atoms with Gasteiger partial charge in [0.15, 0.2) is 0 Å². The molecule has 2 nitrogen and oxygen atoms in total. The fraction of sp³-hybridized carbons (Fsp3) is 0.375. The number of ether oxygens (including phenoxy) is 1. The van der Waals surface area contributed by atoms with Crippen molar-refractivity contribution in [3.05, 3.63) is 49.6 Å². The first-order valence-corrected chi connectivity index (χ1v) is 8.98. The maximum absolute atomic E-state index is 6.13. The first kappa shape index (κ1) is 16.8. The predicted molar refractivity (Wildman–Crippen MR) is 94.8 cm³/mol. The summed E-state index contributed by atoms with van der Waals surface area (Å²) in [4.78, 5) is 0. The van der Waals surface area contributed by atoms with Crippen LogP contribution in [0.2, 0.25) is 5.02 Å². The van der Waals surface area contributed by atoms with Gasteiger partial charge in [-0.2, -0.15) is 0 Å². The topological polar surface area (TPSA) is 21.3 Å². The molecular weight excluding hydrogens is 370 g/mol. The predicted octanol–water partition coefficient (Wildman–Crippen LogP) is 5.46. The maximum atomic E-state index is 6.13. The first-order valence-electron chi connectivity index (χ1n) is 6.93. The number of rotatable bonds is 7. The van der Waals surface area contributed by atoms with Gasteiger partial charge >= 0.3 is 0 Å². The minimum atomic E-state index is 0.264. The highest BCUT2D eigenvalue weighted by Gasteiger charge is 2.16. The molecule has 1 heterocycles. The third kappa shape index (κ3) is 4.71. The molecule has 1 aromatic heterocycles. The van der Waals surface area contributed by atoms with Gasteiger partial charge in [0.05, 0.1) is 10.9 Å². The van der Waals surface area contributed by atoms with Gasteiger partial charge in [-0.1, -0.05) is 18.5 Å². The first-order chi connectivity index (χ1) is 10.1. The molecule has 0 bridgehead atoms. The Balaban J connectivity index is 2.24. The van der Waals surface area contributed by atoms with Crippen molar-refractivity contribution in [3.63, 3.8) is 0 Å². The molecule has 0 saturated heterocycles. The smallest absolute Gasteiger partial charge is 0.122 e. The molecule has 0 saturated carbocycles. The minimum Gasteiger partial charge on any atom is -0.496 e. The summed E-state index contributed by atoms with van der Waals surface area (Å²) < 4.78 is 6.61. The Labute approximate surface area is 143 Å². The molecule has 1 aromatic carbocycles. The van der Waals surface area contributed by atoms with Gasteiger partial charge in [0.2, 0.25) is 0 Å². The van der Waals surface area contributed by atoms with Gasteiger partial charge < -0.3 is 10.1 Å². The molecule has 0 spiro atoms. The summed E-state index contributed by atoms with van der Waals surface area (Å²) in [6.45, 7) is 3.16. The van der Waals surface area contributed by atoms with Crippen LogP contribution in [-0.4, -0.2) is 13.7 Å². The van der Waals surface area contributed by atoms with Crippen LogP contribution in [0.3, 0.4) is 0 Å². The monoisotopic (exact) mass is 387 g/mol. The van der Waals surface area contributed by atoms with Crippen LogP contribution in [0, 0.1) is 0 Å². The lowest BCUT2D eigenvalue weighted by Gasteiger charge is -2.19. The molecule has 0 aliphatic carbocycles. The van der Waals surface area contributed by atoms with E-state index in [2.05, 4.69) is 39.6 Å². The van der Waals surface area contributed by atoms with Crippen molar-refractivity contribution >= 4 is 38.9 Å². The summed E-state index contributed by atoms with van der Waals surface area (Å²) in [7, 11) is 1.70. The van der Waals surface area contributed by atoms with E-state index in [1.54, 1.807) is 18.4 Å². The van der Waals surface area contributed by atoms with Crippen LogP contribution in [0.5, 0.6) is 5.75 Å². The van der Waals surface area contributed by atoms with E-state index < -0.39 is 0 Å². The molecule has 21 heavy (non-hydrogen) atoms. The van der Waals surface area contributed by atoms with E-state index in [9.17, 15) is 0 Å². The average Bonchev–Trinajstić information content (AvgIpc) is 2.90. The largest absolute Gasteiger partial charge is 0.496 e. The lowest BCUT2D eigenvalue weighted by molar-refractivity contribution is 0.405. The van der Waals surface area contributed by atoms with Crippen LogP contribution in [0.1, 0.15) is 30.5 Å². The van der Waals surface area contributed by atoms with Crippen LogP contribution in [0.15, 0.2) is 33.4 Å². The molecule has 1 unspecified atom stereocenters. The fourth-order valence-electron chi connectivity index (χ4n) is 2.26. The third-order valence-corrected chi connectivity index (χ3v) is 5.06. The van der Waals surface area contributed by atoms with E-state index in [0.29, 0.717) is 0 Å². The fourth-order valence-corrected chi connectivity index (χ4v) is 3.68. The quantitative estimate of drug-likeness (QED) is 0.680. The molecule has 0 amide bonds. The number of nitrogens with one attached hydrogen (secondary N) is 1. The Hall–Kier alpha value is -0.550. The lowest BCUT2D eigenvalue weighted by Crippen LogP contribution is -2.23. The Morgan fingerprint density at radius 2 is 2.19 bits per heavy atom. The third-order valence-electron chi connectivity index (χ3n) is 3.30. The van der Waals surface area contributed by atoms with E-state index in [1.165, 1.54) is 5.56 Å². The van der Waals surface area contributed by atoms with Crippen molar-refractivity contribution in [3.8, 4) is 5.75 Å². The van der Waals surface area contributed by atoms with Crippen molar-refractivity contribution < 1.29 is 4.74 Å². The van der Waals surface area contributed by atoms with Crippen LogP contribution < -0.4 is 10.1 Å². The molecule has 2 rings (SSSR count). The number of methoxy groups -OCH3 is 1. The summed E-state index contributed by atoms with van der Waals surface area (Å²) in [6, 6.07) is 8.22. The Morgan fingerprint density at radius 3 is 2.81 bits per heavy atom. The summed E-state index contributed by atoms with van der Waals surface area (Å²) in [5, 5.41) is 6.54. The zero-order valence-electron chi connectivity index (χ0n) is 12.2. The zero-order chi connectivity index (χ0) is 15.2. The van der Waals surface area contributed by atoms with Gasteiger partial charge in [-0.3, -0.25) is 0 Å². The van der Waals surface area contributed by atoms with Gasteiger partial charge in [0.25, 0.3) is 0 Å². The number of hydrogen-bond acceptors (Lipinski definition) is 3. The van der Waals surface area contributed by atoms with Crippen LogP contribution in [-0.2, 0) is 6.42 Å². The molecule has 5 heteroatoms. The maximum Gasteiger partial charge on any atom is 0.122 e. The molecule has 0 aliphatic heterocycles. The number of halogens is 2. The van der Waals surface area contributed by atoms with E-state index in [0.717, 1.165) is 39.5 Å². The normalized spacial score (nSPS) is 12.4. The molecule has 1 atom stereocenters. The van der Waals surface area contributed by atoms with Crippen molar-refractivity contribution in [2.75, 3.05) is 13.7 Å². The Bertz CT molecular complexity index is 587. The number of benzene rings is 1. The second-order valence-electron chi connectivity index (χ2n) is 4.85. The van der Waals surface area contributed by atoms with E-state index in [4.69, 9.17) is 16.3 Å². The zero-order valence-corrected chi connectivity index (χ0v) is 15.3. The van der Waals surface area contributed by atoms with Gasteiger partial charge in [-0.05, 0) is 76.1 Å². The summed E-state index contributed by atoms with van der Waals surface area (Å²) >= 11 is 11.4. The number of thiophene rings is 1. The minimum absolute atomic E-state index is 0.264. The van der Waals surface area contributed by atoms with E-state index in [-0.39, 0.29) is 6.04 Å². The van der Waals surface area contributed by atoms with Crippen LogP contribution >= 0.6 is 38.9 Å². The standard InChI is InChI=1S/C16H19BrClNOS/c1-3-6-19-14(12-9-16(17)21-10-12)8-11-7-13(18)4-5-15(11)20-2/h4-5,7,9-10,14,19H,3,6,8H2,1-2H3. The van der Waals surface area contributed by atoms with E-state index in [1.807, 2.05) is 18.2 Å². The summed E-state index contributed by atoms with van der Waals surface area (Å²) in [5.41, 5.74) is 2.42. The van der Waals surface area contributed by atoms with Gasteiger partial charge in [0.1, 0.15) is 5.75 Å². The van der Waals surface area contributed by atoms with Crippen molar-refractivity contribution in [2.45, 2.75) is 25.8 Å². The van der Waals surface area contributed by atoms with Gasteiger partial charge in [-0.25, -0.2) is 0 Å². The lowest BCUT2D eigenvalue weighted by atomic mass is 10.00. The molecule has 0 fully saturated rings. The SMILES string of the molecule is CCCNC(Cc1cc(Cl)ccc1OC)c1csc(Br)c1. The molecule has 1 N–H and O–H groups in total. The Kier molecular flexibility index (Phi) is 6.55. The molecular formula is C16H19BrClNOS. The summed E-state index contributed by atoms with van der Waals surface area (Å²) in [6.07, 6.45) is 1.96. The highest BCUT2D eigenvalue weighted by atomic mass is 79.9. The molecule has 2 aromatic rings. The molecule has 0 aliphatic rings. The molecule has 114 valence electrons. The van der Waals surface area contributed by atoms with Crippen LogP contribution in [0.25, 0.3) is 0 Å². The Morgan fingerprint density at radius 1 is 1.38 bits per heavy atom. The second-order valence-corrected chi connectivity index (χ2v) is 7.58. The highest BCUT2D eigenvalue weighted by Crippen LogP contribution is 2.31. The summed E-state index contributed by atoms with van der Waals surface area (Å²) in [5.74, 6) is 0.886. The molecule has 0 radical (unpaired) electrons.